The van der Waals surface area contributed by atoms with E-state index in [0.29, 0.717) is 0 Å². The van der Waals surface area contributed by atoms with Gasteiger partial charge in [-0.25, -0.2) is 0 Å². The van der Waals surface area contributed by atoms with Crippen LogP contribution in [-0.2, 0) is 13.6 Å². The lowest BCUT2D eigenvalue weighted by Crippen LogP contribution is -2.52. The molecule has 3 atom stereocenters. The van der Waals surface area contributed by atoms with Crippen molar-refractivity contribution in [2.45, 2.75) is 95.8 Å². The van der Waals surface area contributed by atoms with Gasteiger partial charge < -0.3 is 8.23 Å². The number of hydrogen-bond donors (Lipinski definition) is 0. The molecule has 0 spiro atoms. The highest BCUT2D eigenvalue weighted by atomic mass is 28.5. The van der Waals surface area contributed by atoms with E-state index in [4.69, 9.17) is 8.23 Å². The van der Waals surface area contributed by atoms with Gasteiger partial charge in [0.1, 0.15) is 0 Å². The maximum atomic E-state index is 13.9. The van der Waals surface area contributed by atoms with Crippen molar-refractivity contribution in [1.29, 1.82) is 0 Å². The van der Waals surface area contributed by atoms with Crippen LogP contribution in [0, 0.1) is 5.92 Å². The van der Waals surface area contributed by atoms with Crippen LogP contribution in [0.2, 0.25) is 51.4 Å². The molecule has 0 aliphatic heterocycles. The van der Waals surface area contributed by atoms with Crippen molar-refractivity contribution in [3.8, 4) is 0 Å². The summed E-state index contributed by atoms with van der Waals surface area (Å²) in [5.74, 6) is 0.315. The first kappa shape index (κ1) is 38.6. The zero-order chi connectivity index (χ0) is 35.7. The Bertz CT molecular complexity index is 1630. The molecular weight excluding hydrogens is 653 g/mol. The summed E-state index contributed by atoms with van der Waals surface area (Å²) in [5, 5.41) is 0. The van der Waals surface area contributed by atoms with Gasteiger partial charge in [-0.2, -0.15) is 0 Å². The normalized spacial score (nSPS) is 14.9. The molecular formula is C42H56O4Si3. The van der Waals surface area contributed by atoms with Crippen molar-refractivity contribution in [3.63, 3.8) is 0 Å². The third-order valence-corrected chi connectivity index (χ3v) is 21.1. The Morgan fingerprint density at radius 1 is 0.633 bits per heavy atom. The molecule has 260 valence electrons. The average molecular weight is 709 g/mol. The minimum atomic E-state index is -2.46. The van der Waals surface area contributed by atoms with Crippen LogP contribution < -0.4 is 0 Å². The fourth-order valence-corrected chi connectivity index (χ4v) is 21.5. The molecule has 0 aliphatic carbocycles. The van der Waals surface area contributed by atoms with Crippen LogP contribution in [0.15, 0.2) is 121 Å². The summed E-state index contributed by atoms with van der Waals surface area (Å²) in [4.78, 5) is 27.7. The number of carbonyl (C=O) groups excluding carboxylic acids is 2. The van der Waals surface area contributed by atoms with Gasteiger partial charge >= 0.3 is 8.56 Å². The first-order valence-electron chi connectivity index (χ1n) is 17.8. The lowest BCUT2D eigenvalue weighted by molar-refractivity contribution is 0.0885. The van der Waals surface area contributed by atoms with Gasteiger partial charge in [0.2, 0.25) is 0 Å². The van der Waals surface area contributed by atoms with Crippen molar-refractivity contribution in [1.82, 2.24) is 0 Å². The second-order valence-electron chi connectivity index (χ2n) is 15.5. The molecule has 3 unspecified atom stereocenters. The van der Waals surface area contributed by atoms with Crippen LogP contribution in [0.3, 0.4) is 0 Å². The zero-order valence-corrected chi connectivity index (χ0v) is 33.9. The average Bonchev–Trinajstić information content (AvgIpc) is 3.07. The van der Waals surface area contributed by atoms with E-state index in [1.165, 1.54) is 0 Å². The molecule has 4 aromatic rings. The van der Waals surface area contributed by atoms with Gasteiger partial charge in [0, 0.05) is 17.0 Å². The molecule has 0 aliphatic rings. The molecule has 0 heterocycles. The third-order valence-electron chi connectivity index (χ3n) is 9.72. The lowest BCUT2D eigenvalue weighted by atomic mass is 9.73. The van der Waals surface area contributed by atoms with E-state index in [1.54, 1.807) is 0 Å². The monoisotopic (exact) mass is 708 g/mol. The van der Waals surface area contributed by atoms with Crippen LogP contribution in [0.5, 0.6) is 0 Å². The maximum Gasteiger partial charge on any atom is 0.311 e. The Kier molecular flexibility index (Phi) is 13.1. The van der Waals surface area contributed by atoms with Gasteiger partial charge in [-0.3, -0.25) is 9.59 Å². The second-order valence-corrected chi connectivity index (χ2v) is 28.0. The fraction of sp³-hybridized carbons (Fsp3) is 0.381. The lowest BCUT2D eigenvalue weighted by Gasteiger charge is -2.39. The second kappa shape index (κ2) is 16.7. The quantitative estimate of drug-likeness (QED) is 0.0763. The highest BCUT2D eigenvalue weighted by Gasteiger charge is 2.41. The summed E-state index contributed by atoms with van der Waals surface area (Å²) in [6.45, 7) is 17.9. The molecule has 4 nitrogen and oxygen atoms in total. The van der Waals surface area contributed by atoms with Gasteiger partial charge in [0.05, 0.1) is 5.41 Å². The smallest absolute Gasteiger partial charge is 0.311 e. The maximum absolute atomic E-state index is 13.9. The molecule has 0 saturated carbocycles. The molecule has 0 bridgehead atoms. The van der Waals surface area contributed by atoms with Crippen LogP contribution in [-0.4, -0.2) is 36.8 Å². The minimum absolute atomic E-state index is 0.166. The first-order chi connectivity index (χ1) is 23.1. The Labute approximate surface area is 298 Å². The van der Waals surface area contributed by atoms with Crippen molar-refractivity contribution in [2.75, 3.05) is 0 Å². The number of rotatable bonds is 18. The minimum Gasteiger partial charge on any atom is -0.437 e. The van der Waals surface area contributed by atoms with E-state index in [2.05, 4.69) is 77.4 Å². The highest BCUT2D eigenvalue weighted by Crippen LogP contribution is 2.37. The number of ketones is 2. The number of Topliss-reactive ketones (excluding diaryl/α,β-unsaturated/α-hetero) is 2. The predicted octanol–water partition coefficient (Wildman–Crippen LogP) is 11.4. The Hall–Kier alpha value is -3.21. The largest absolute Gasteiger partial charge is 0.437 e. The molecule has 0 radical (unpaired) electrons. The Morgan fingerprint density at radius 2 is 1.08 bits per heavy atom. The van der Waals surface area contributed by atoms with Crippen molar-refractivity contribution in [3.05, 3.63) is 144 Å². The Morgan fingerprint density at radius 3 is 1.61 bits per heavy atom. The molecule has 0 aromatic heterocycles. The summed E-state index contributed by atoms with van der Waals surface area (Å²) < 4.78 is 14.0. The van der Waals surface area contributed by atoms with Gasteiger partial charge in [0.15, 0.2) is 28.2 Å². The molecule has 4 aromatic carbocycles. The van der Waals surface area contributed by atoms with Crippen LogP contribution in [0.1, 0.15) is 70.9 Å². The van der Waals surface area contributed by atoms with Crippen molar-refractivity contribution >= 4 is 36.8 Å². The third kappa shape index (κ3) is 10.9. The van der Waals surface area contributed by atoms with E-state index in [1.807, 2.05) is 97.1 Å². The van der Waals surface area contributed by atoms with Crippen molar-refractivity contribution < 1.29 is 17.8 Å². The number of hydrogen-bond acceptors (Lipinski definition) is 4. The van der Waals surface area contributed by atoms with Crippen LogP contribution >= 0.6 is 0 Å². The van der Waals surface area contributed by atoms with E-state index in [-0.39, 0.29) is 23.4 Å². The molecule has 0 fully saturated rings. The highest BCUT2D eigenvalue weighted by molar-refractivity contribution is 6.87. The summed E-state index contributed by atoms with van der Waals surface area (Å²) >= 11 is 0. The molecule has 7 heteroatoms. The standard InChI is InChI=1S/C42H56O4Si3/c1-34(39(35-22-13-9-14-23-35)40(43)36-24-15-10-16-25-36)30-33-48(5,6)46-49(7,8)45-47(3,4)32-21-31-42(2,38-28-19-12-20-29-38)41(44)37-26-17-11-18-27-37/h9-20,22-29,34,39H,21,30-33H2,1-8H3. The van der Waals surface area contributed by atoms with E-state index in [9.17, 15) is 9.59 Å². The molecule has 4 rings (SSSR count). The van der Waals surface area contributed by atoms with Gasteiger partial charge in [-0.1, -0.05) is 135 Å². The predicted molar refractivity (Wildman–Crippen MR) is 212 cm³/mol. The van der Waals surface area contributed by atoms with E-state index < -0.39 is 30.6 Å². The van der Waals surface area contributed by atoms with Gasteiger partial charge in [0.25, 0.3) is 0 Å². The van der Waals surface area contributed by atoms with E-state index in [0.717, 1.165) is 53.6 Å². The van der Waals surface area contributed by atoms with Gasteiger partial charge in [-0.15, -0.1) is 0 Å². The molecule has 0 N–H and O–H groups in total. The van der Waals surface area contributed by atoms with Crippen LogP contribution in [0.25, 0.3) is 0 Å². The fourth-order valence-electron chi connectivity index (χ4n) is 7.35. The molecule has 0 amide bonds. The summed E-state index contributed by atoms with van der Waals surface area (Å²) in [7, 11) is -6.68. The topological polar surface area (TPSA) is 52.6 Å². The number of benzene rings is 4. The van der Waals surface area contributed by atoms with E-state index >= 15 is 0 Å². The summed E-state index contributed by atoms with van der Waals surface area (Å²) in [6, 6.07) is 41.7. The van der Waals surface area contributed by atoms with Gasteiger partial charge in [-0.05, 0) is 88.2 Å². The first-order valence-corrected chi connectivity index (χ1v) is 26.9. The van der Waals surface area contributed by atoms with Crippen LogP contribution in [0.4, 0.5) is 0 Å². The van der Waals surface area contributed by atoms with Crippen molar-refractivity contribution in [2.24, 2.45) is 5.92 Å². The Balaban J connectivity index is 1.38. The molecule has 49 heavy (non-hydrogen) atoms. The number of carbonyl (C=O) groups is 2. The summed E-state index contributed by atoms with van der Waals surface area (Å²) in [6.07, 6.45) is 2.58. The SMILES string of the molecule is CC(CC[Si](C)(C)O[Si](C)(C)O[Si](C)(C)CCCC(C)(C(=O)c1ccccc1)c1ccccc1)C(C(=O)c1ccccc1)c1ccccc1. The molecule has 0 saturated heterocycles. The zero-order valence-electron chi connectivity index (χ0n) is 30.9. The summed E-state index contributed by atoms with van der Waals surface area (Å²) in [5.41, 5.74) is 3.04.